The van der Waals surface area contributed by atoms with E-state index in [1.165, 1.54) is 25.7 Å². The fourth-order valence-electron chi connectivity index (χ4n) is 3.02. The third-order valence-corrected chi connectivity index (χ3v) is 4.56. The lowest BCUT2D eigenvalue weighted by Gasteiger charge is -2.26. The lowest BCUT2D eigenvalue weighted by molar-refractivity contribution is -0.120. The molecule has 4 nitrogen and oxygen atoms in total. The van der Waals surface area contributed by atoms with Crippen molar-refractivity contribution in [2.24, 2.45) is 11.7 Å². The highest BCUT2D eigenvalue weighted by Crippen LogP contribution is 2.25. The van der Waals surface area contributed by atoms with Crippen LogP contribution in [0.25, 0.3) is 0 Å². The van der Waals surface area contributed by atoms with Crippen molar-refractivity contribution in [3.63, 3.8) is 0 Å². The Morgan fingerprint density at radius 3 is 2.71 bits per heavy atom. The van der Waals surface area contributed by atoms with Crippen molar-refractivity contribution < 1.29 is 4.79 Å². The van der Waals surface area contributed by atoms with Gasteiger partial charge in [0.1, 0.15) is 0 Å². The molecule has 0 heterocycles. The van der Waals surface area contributed by atoms with E-state index in [4.69, 9.17) is 5.73 Å². The molecule has 0 aromatic heterocycles. The summed E-state index contributed by atoms with van der Waals surface area (Å²) in [6.07, 6.45) is 5.27. The Labute approximate surface area is 127 Å². The fourth-order valence-corrected chi connectivity index (χ4v) is 3.02. The molecule has 1 amide bonds. The molecule has 21 heavy (non-hydrogen) atoms. The second-order valence-electron chi connectivity index (χ2n) is 6.12. The first-order valence-electron chi connectivity index (χ1n) is 7.91. The van der Waals surface area contributed by atoms with E-state index >= 15 is 0 Å². The van der Waals surface area contributed by atoms with Gasteiger partial charge < -0.3 is 11.1 Å². The van der Waals surface area contributed by atoms with Gasteiger partial charge in [-0.3, -0.25) is 9.69 Å². The number of rotatable bonds is 6. The Morgan fingerprint density at radius 2 is 2.05 bits per heavy atom. The van der Waals surface area contributed by atoms with Gasteiger partial charge >= 0.3 is 0 Å². The van der Waals surface area contributed by atoms with Crippen molar-refractivity contribution >= 4 is 11.6 Å². The van der Waals surface area contributed by atoms with Crippen LogP contribution in [0.5, 0.6) is 0 Å². The number of nitrogens with one attached hydrogen (secondary N) is 1. The van der Waals surface area contributed by atoms with Crippen molar-refractivity contribution in [3.8, 4) is 0 Å². The predicted molar refractivity (Wildman–Crippen MR) is 87.0 cm³/mol. The van der Waals surface area contributed by atoms with Crippen LogP contribution < -0.4 is 11.1 Å². The molecule has 0 saturated heterocycles. The standard InChI is InChI=1S/C17H27N3O/c1-13(20(2)12-14-7-3-4-8-14)17(21)19-16-10-6-5-9-15(16)11-18/h5-6,9-10,13-14H,3-4,7-8,11-12,18H2,1-2H3,(H,19,21). The zero-order valence-corrected chi connectivity index (χ0v) is 13.1. The molecule has 1 aromatic rings. The van der Waals surface area contributed by atoms with Crippen LogP contribution in [0.3, 0.4) is 0 Å². The molecule has 1 aliphatic carbocycles. The van der Waals surface area contributed by atoms with Gasteiger partial charge in [0.25, 0.3) is 0 Å². The molecule has 1 atom stereocenters. The molecule has 2 rings (SSSR count). The molecular weight excluding hydrogens is 262 g/mol. The zero-order chi connectivity index (χ0) is 15.2. The molecule has 1 aliphatic rings. The normalized spacial score (nSPS) is 17.1. The Bertz CT molecular complexity index is 469. The Balaban J connectivity index is 1.92. The summed E-state index contributed by atoms with van der Waals surface area (Å²) < 4.78 is 0. The average Bonchev–Trinajstić information content (AvgIpc) is 2.99. The Hall–Kier alpha value is -1.39. The first kappa shape index (κ1) is 16.0. The fraction of sp³-hybridized carbons (Fsp3) is 0.588. The zero-order valence-electron chi connectivity index (χ0n) is 13.1. The van der Waals surface area contributed by atoms with Crippen LogP contribution in [-0.4, -0.2) is 30.4 Å². The molecule has 0 bridgehead atoms. The van der Waals surface area contributed by atoms with Gasteiger partial charge in [0, 0.05) is 18.8 Å². The van der Waals surface area contributed by atoms with E-state index in [0.717, 1.165) is 23.7 Å². The quantitative estimate of drug-likeness (QED) is 0.846. The third kappa shape index (κ3) is 4.29. The van der Waals surface area contributed by atoms with Gasteiger partial charge in [0.05, 0.1) is 6.04 Å². The molecule has 1 saturated carbocycles. The molecule has 0 aliphatic heterocycles. The van der Waals surface area contributed by atoms with Crippen LogP contribution in [0.2, 0.25) is 0 Å². The van der Waals surface area contributed by atoms with Crippen molar-refractivity contribution in [2.75, 3.05) is 18.9 Å². The number of hydrogen-bond acceptors (Lipinski definition) is 3. The highest BCUT2D eigenvalue weighted by atomic mass is 16.2. The molecule has 3 N–H and O–H groups in total. The summed E-state index contributed by atoms with van der Waals surface area (Å²) in [5.74, 6) is 0.790. The molecule has 1 fully saturated rings. The van der Waals surface area contributed by atoms with E-state index in [1.807, 2.05) is 38.2 Å². The molecule has 1 unspecified atom stereocenters. The van der Waals surface area contributed by atoms with E-state index in [1.54, 1.807) is 0 Å². The van der Waals surface area contributed by atoms with Crippen LogP contribution in [0.1, 0.15) is 38.2 Å². The van der Waals surface area contributed by atoms with Gasteiger partial charge in [-0.2, -0.15) is 0 Å². The topological polar surface area (TPSA) is 58.4 Å². The van der Waals surface area contributed by atoms with Gasteiger partial charge in [-0.05, 0) is 44.4 Å². The number of benzene rings is 1. The van der Waals surface area contributed by atoms with Gasteiger partial charge in [0.15, 0.2) is 0 Å². The van der Waals surface area contributed by atoms with E-state index in [2.05, 4.69) is 10.2 Å². The summed E-state index contributed by atoms with van der Waals surface area (Å²) in [6.45, 7) is 3.41. The monoisotopic (exact) mass is 289 g/mol. The highest BCUT2D eigenvalue weighted by Gasteiger charge is 2.23. The minimum Gasteiger partial charge on any atom is -0.326 e. The Morgan fingerprint density at radius 1 is 1.38 bits per heavy atom. The summed E-state index contributed by atoms with van der Waals surface area (Å²) in [6, 6.07) is 7.58. The average molecular weight is 289 g/mol. The Kier molecular flexibility index (Phi) is 5.76. The lowest BCUT2D eigenvalue weighted by atomic mass is 10.1. The maximum Gasteiger partial charge on any atom is 0.241 e. The number of amides is 1. The molecule has 1 aromatic carbocycles. The second-order valence-corrected chi connectivity index (χ2v) is 6.12. The number of nitrogens with two attached hydrogens (primary N) is 1. The van der Waals surface area contributed by atoms with Crippen molar-refractivity contribution in [2.45, 2.75) is 45.2 Å². The SMILES string of the molecule is CC(C(=O)Nc1ccccc1CN)N(C)CC1CCCC1. The summed E-state index contributed by atoms with van der Waals surface area (Å²) in [5.41, 5.74) is 7.50. The van der Waals surface area contributed by atoms with Crippen molar-refractivity contribution in [1.82, 2.24) is 4.90 Å². The molecule has 0 spiro atoms. The number of likely N-dealkylation sites (N-methyl/N-ethyl adjacent to an activating group) is 1. The maximum absolute atomic E-state index is 12.4. The number of hydrogen-bond donors (Lipinski definition) is 2. The van der Waals surface area contributed by atoms with Crippen LogP contribution in [0.4, 0.5) is 5.69 Å². The van der Waals surface area contributed by atoms with Gasteiger partial charge in [-0.15, -0.1) is 0 Å². The number of carbonyl (C=O) groups excluding carboxylic acids is 1. The second kappa shape index (κ2) is 7.57. The summed E-state index contributed by atoms with van der Waals surface area (Å²) >= 11 is 0. The van der Waals surface area contributed by atoms with Crippen molar-refractivity contribution in [3.05, 3.63) is 29.8 Å². The van der Waals surface area contributed by atoms with Crippen LogP contribution in [-0.2, 0) is 11.3 Å². The first-order chi connectivity index (χ1) is 10.1. The van der Waals surface area contributed by atoms with E-state index in [-0.39, 0.29) is 11.9 Å². The molecular formula is C17H27N3O. The van der Waals surface area contributed by atoms with Crippen molar-refractivity contribution in [1.29, 1.82) is 0 Å². The molecule has 0 radical (unpaired) electrons. The highest BCUT2D eigenvalue weighted by molar-refractivity contribution is 5.95. The summed E-state index contributed by atoms with van der Waals surface area (Å²) in [4.78, 5) is 14.6. The van der Waals surface area contributed by atoms with Crippen LogP contribution >= 0.6 is 0 Å². The number of para-hydroxylation sites is 1. The molecule has 4 heteroatoms. The smallest absolute Gasteiger partial charge is 0.241 e. The largest absolute Gasteiger partial charge is 0.326 e. The van der Waals surface area contributed by atoms with E-state index < -0.39 is 0 Å². The summed E-state index contributed by atoms with van der Waals surface area (Å²) in [7, 11) is 2.04. The third-order valence-electron chi connectivity index (χ3n) is 4.56. The van der Waals surface area contributed by atoms with Gasteiger partial charge in [0.2, 0.25) is 5.91 Å². The van der Waals surface area contributed by atoms with Gasteiger partial charge in [-0.25, -0.2) is 0 Å². The van der Waals surface area contributed by atoms with Gasteiger partial charge in [-0.1, -0.05) is 31.0 Å². The minimum absolute atomic E-state index is 0.0383. The van der Waals surface area contributed by atoms with E-state index in [9.17, 15) is 4.79 Å². The molecule has 116 valence electrons. The number of carbonyl (C=O) groups is 1. The predicted octanol–water partition coefficient (Wildman–Crippen LogP) is 2.59. The lowest BCUT2D eigenvalue weighted by Crippen LogP contribution is -2.41. The minimum atomic E-state index is -0.128. The first-order valence-corrected chi connectivity index (χ1v) is 7.91. The van der Waals surface area contributed by atoms with Crippen LogP contribution in [0, 0.1) is 5.92 Å². The maximum atomic E-state index is 12.4. The number of anilines is 1. The van der Waals surface area contributed by atoms with Crippen LogP contribution in [0.15, 0.2) is 24.3 Å². The number of nitrogens with zero attached hydrogens (tertiary/aromatic N) is 1. The summed E-state index contributed by atoms with van der Waals surface area (Å²) in [5, 5.41) is 3.01. The van der Waals surface area contributed by atoms with E-state index in [0.29, 0.717) is 6.54 Å².